The van der Waals surface area contributed by atoms with Crippen LogP contribution in [0.15, 0.2) is 41.9 Å². The number of nitrogens with one attached hydrogen (secondary N) is 2. The van der Waals surface area contributed by atoms with Crippen LogP contribution in [-0.2, 0) is 4.74 Å². The molecule has 0 fully saturated rings. The van der Waals surface area contributed by atoms with Crippen LogP contribution in [0.4, 0.5) is 9.80 Å². The standard InChI is InChI=1S/C18H14N4O4S2/c1-2-26-18(25)21-14(23)10-7-8-27-16(10)20-15(24)11-9-22-12-5-3-4-6-13(12)28-17(22)19-11/h3-9H,2H2,1H3,(H,20,24)(H,21,23,25). The highest BCUT2D eigenvalue weighted by Gasteiger charge is 2.20. The van der Waals surface area contributed by atoms with Crippen LogP contribution in [0.1, 0.15) is 27.8 Å². The maximum absolute atomic E-state index is 12.6. The predicted molar refractivity (Wildman–Crippen MR) is 107 cm³/mol. The van der Waals surface area contributed by atoms with Gasteiger partial charge in [0.05, 0.1) is 22.4 Å². The van der Waals surface area contributed by atoms with Crippen LogP contribution < -0.4 is 10.6 Å². The second kappa shape index (κ2) is 7.41. The molecule has 2 N–H and O–H groups in total. The van der Waals surface area contributed by atoms with Crippen LogP contribution in [-0.4, -0.2) is 33.9 Å². The largest absolute Gasteiger partial charge is 0.450 e. The second-order valence-corrected chi connectivity index (χ2v) is 7.57. The van der Waals surface area contributed by atoms with Gasteiger partial charge in [-0.25, -0.2) is 9.78 Å². The number of para-hydroxylation sites is 1. The van der Waals surface area contributed by atoms with Crippen molar-refractivity contribution in [2.45, 2.75) is 6.92 Å². The summed E-state index contributed by atoms with van der Waals surface area (Å²) in [6, 6.07) is 9.35. The summed E-state index contributed by atoms with van der Waals surface area (Å²) in [5.74, 6) is -1.08. The van der Waals surface area contributed by atoms with Crippen molar-refractivity contribution in [3.8, 4) is 0 Å². The zero-order valence-electron chi connectivity index (χ0n) is 14.6. The number of anilines is 1. The maximum atomic E-state index is 12.6. The average molecular weight is 414 g/mol. The number of aromatic nitrogens is 2. The number of nitrogens with zero attached hydrogens (tertiary/aromatic N) is 2. The molecule has 3 heterocycles. The topological polar surface area (TPSA) is 102 Å². The number of imidazole rings is 1. The molecule has 4 rings (SSSR count). The summed E-state index contributed by atoms with van der Waals surface area (Å²) in [6.07, 6.45) is 0.826. The number of hydrogen-bond donors (Lipinski definition) is 2. The third kappa shape index (κ3) is 3.35. The Labute approximate surface area is 166 Å². The van der Waals surface area contributed by atoms with Gasteiger partial charge in [-0.05, 0) is 30.5 Å². The third-order valence-electron chi connectivity index (χ3n) is 3.86. The van der Waals surface area contributed by atoms with Crippen molar-refractivity contribution >= 4 is 60.8 Å². The summed E-state index contributed by atoms with van der Waals surface area (Å²) in [5, 5.41) is 6.77. The molecular weight excluding hydrogens is 400 g/mol. The van der Waals surface area contributed by atoms with E-state index in [1.54, 1.807) is 18.5 Å². The Morgan fingerprint density at radius 1 is 1.18 bits per heavy atom. The lowest BCUT2D eigenvalue weighted by molar-refractivity contribution is 0.0926. The molecule has 4 aromatic rings. The van der Waals surface area contributed by atoms with Gasteiger partial charge in [-0.1, -0.05) is 23.5 Å². The first-order valence-corrected chi connectivity index (χ1v) is 10.00. The lowest BCUT2D eigenvalue weighted by Gasteiger charge is -2.06. The number of imide groups is 1. The van der Waals surface area contributed by atoms with E-state index in [1.807, 2.05) is 28.7 Å². The number of rotatable bonds is 4. The van der Waals surface area contributed by atoms with E-state index in [1.165, 1.54) is 28.7 Å². The van der Waals surface area contributed by atoms with Crippen LogP contribution >= 0.6 is 22.7 Å². The van der Waals surface area contributed by atoms with Gasteiger partial charge in [0.25, 0.3) is 11.8 Å². The van der Waals surface area contributed by atoms with Gasteiger partial charge in [0.1, 0.15) is 10.7 Å². The van der Waals surface area contributed by atoms with Gasteiger partial charge >= 0.3 is 6.09 Å². The molecule has 0 radical (unpaired) electrons. The first-order valence-electron chi connectivity index (χ1n) is 8.30. The molecule has 0 spiro atoms. The van der Waals surface area contributed by atoms with Gasteiger partial charge in [-0.2, -0.15) is 0 Å². The van der Waals surface area contributed by atoms with E-state index in [9.17, 15) is 14.4 Å². The number of carbonyl (C=O) groups excluding carboxylic acids is 3. The van der Waals surface area contributed by atoms with E-state index in [-0.39, 0.29) is 17.9 Å². The van der Waals surface area contributed by atoms with E-state index in [0.717, 1.165) is 10.2 Å². The van der Waals surface area contributed by atoms with Crippen molar-refractivity contribution in [3.05, 3.63) is 53.2 Å². The molecule has 0 saturated heterocycles. The molecule has 0 bridgehead atoms. The Bertz CT molecular complexity index is 1210. The molecule has 10 heteroatoms. The summed E-state index contributed by atoms with van der Waals surface area (Å²) < 4.78 is 7.63. The van der Waals surface area contributed by atoms with E-state index in [0.29, 0.717) is 9.96 Å². The van der Waals surface area contributed by atoms with Crippen molar-refractivity contribution < 1.29 is 19.1 Å². The fraction of sp³-hybridized carbons (Fsp3) is 0.111. The van der Waals surface area contributed by atoms with Crippen molar-refractivity contribution in [2.75, 3.05) is 11.9 Å². The molecule has 8 nitrogen and oxygen atoms in total. The zero-order valence-corrected chi connectivity index (χ0v) is 16.2. The Kier molecular flexibility index (Phi) is 4.80. The molecule has 0 unspecified atom stereocenters. The van der Waals surface area contributed by atoms with Crippen LogP contribution in [0.25, 0.3) is 15.2 Å². The molecule has 28 heavy (non-hydrogen) atoms. The average Bonchev–Trinajstić information content (AvgIpc) is 3.35. The highest BCUT2D eigenvalue weighted by Crippen LogP contribution is 2.27. The smallest absolute Gasteiger partial charge is 0.414 e. The van der Waals surface area contributed by atoms with E-state index in [4.69, 9.17) is 4.74 Å². The van der Waals surface area contributed by atoms with Crippen molar-refractivity contribution in [3.63, 3.8) is 0 Å². The first-order chi connectivity index (χ1) is 13.6. The van der Waals surface area contributed by atoms with Crippen LogP contribution in [0.5, 0.6) is 0 Å². The minimum Gasteiger partial charge on any atom is -0.450 e. The lowest BCUT2D eigenvalue weighted by atomic mass is 10.3. The third-order valence-corrected chi connectivity index (χ3v) is 5.73. The first kappa shape index (κ1) is 18.1. The summed E-state index contributed by atoms with van der Waals surface area (Å²) in [5.41, 5.74) is 1.39. The molecule has 0 saturated carbocycles. The minimum absolute atomic E-state index is 0.151. The van der Waals surface area contributed by atoms with E-state index >= 15 is 0 Å². The summed E-state index contributed by atoms with van der Waals surface area (Å²) >= 11 is 2.66. The van der Waals surface area contributed by atoms with E-state index in [2.05, 4.69) is 15.6 Å². The van der Waals surface area contributed by atoms with Crippen LogP contribution in [0, 0.1) is 0 Å². The molecule has 0 aliphatic carbocycles. The number of benzene rings is 1. The highest BCUT2D eigenvalue weighted by atomic mass is 32.1. The number of alkyl carbamates (subject to hydrolysis) is 1. The molecule has 0 aliphatic heterocycles. The number of amides is 3. The van der Waals surface area contributed by atoms with Gasteiger partial charge < -0.3 is 10.1 Å². The van der Waals surface area contributed by atoms with Crippen LogP contribution in [0.2, 0.25) is 0 Å². The van der Waals surface area contributed by atoms with Crippen molar-refractivity contribution in [1.82, 2.24) is 14.7 Å². The Hall–Kier alpha value is -3.24. The quantitative estimate of drug-likeness (QED) is 0.530. The second-order valence-electron chi connectivity index (χ2n) is 5.64. The van der Waals surface area contributed by atoms with Gasteiger partial charge in [0, 0.05) is 6.20 Å². The van der Waals surface area contributed by atoms with Crippen LogP contribution in [0.3, 0.4) is 0 Å². The van der Waals surface area contributed by atoms with E-state index < -0.39 is 17.9 Å². The molecular formula is C18H14N4O4S2. The van der Waals surface area contributed by atoms with Gasteiger partial charge in [0.2, 0.25) is 0 Å². The van der Waals surface area contributed by atoms with Gasteiger partial charge in [-0.3, -0.25) is 19.3 Å². The van der Waals surface area contributed by atoms with Crippen molar-refractivity contribution in [2.24, 2.45) is 0 Å². The Morgan fingerprint density at radius 2 is 2.00 bits per heavy atom. The number of ether oxygens (including phenoxy) is 1. The van der Waals surface area contributed by atoms with Gasteiger partial charge in [-0.15, -0.1) is 11.3 Å². The molecule has 3 amide bonds. The maximum Gasteiger partial charge on any atom is 0.414 e. The number of carbonyl (C=O) groups is 3. The normalized spacial score (nSPS) is 10.9. The Balaban J connectivity index is 1.54. The van der Waals surface area contributed by atoms with Gasteiger partial charge in [0.15, 0.2) is 4.96 Å². The summed E-state index contributed by atoms with van der Waals surface area (Å²) in [6.45, 7) is 1.79. The lowest BCUT2D eigenvalue weighted by Crippen LogP contribution is -2.31. The molecule has 1 aromatic carbocycles. The minimum atomic E-state index is -0.836. The monoisotopic (exact) mass is 414 g/mol. The molecule has 0 aliphatic rings. The summed E-state index contributed by atoms with van der Waals surface area (Å²) in [4.78, 5) is 41.3. The molecule has 142 valence electrons. The number of hydrogen-bond acceptors (Lipinski definition) is 7. The summed E-state index contributed by atoms with van der Waals surface area (Å²) in [7, 11) is 0. The predicted octanol–water partition coefficient (Wildman–Crippen LogP) is 3.75. The highest BCUT2D eigenvalue weighted by molar-refractivity contribution is 7.23. The zero-order chi connectivity index (χ0) is 19.7. The number of thiazole rings is 1. The van der Waals surface area contributed by atoms with Crippen molar-refractivity contribution in [1.29, 1.82) is 0 Å². The fourth-order valence-corrected chi connectivity index (χ4v) is 4.42. The SMILES string of the molecule is CCOC(=O)NC(=O)c1ccsc1NC(=O)c1cn2c(n1)sc1ccccc12. The number of thiophene rings is 1. The molecule has 0 atom stereocenters. The number of fused-ring (bicyclic) bond motifs is 3. The Morgan fingerprint density at radius 3 is 2.82 bits per heavy atom. The molecule has 3 aromatic heterocycles. The fourth-order valence-electron chi connectivity index (χ4n) is 2.64.